The maximum atomic E-state index is 14.7. The fourth-order valence-electron chi connectivity index (χ4n) is 9.05. The molecule has 8 rings (SSSR count). The molecule has 0 bridgehead atoms. The van der Waals surface area contributed by atoms with Gasteiger partial charge in [-0.1, -0.05) is 30.3 Å². The maximum absolute atomic E-state index is 14.7. The van der Waals surface area contributed by atoms with Gasteiger partial charge in [0.05, 0.1) is 25.6 Å². The summed E-state index contributed by atoms with van der Waals surface area (Å²) in [6, 6.07) is 18.6. The molecule has 1 aliphatic carbocycles. The predicted molar refractivity (Wildman–Crippen MR) is 228 cm³/mol. The van der Waals surface area contributed by atoms with Crippen molar-refractivity contribution in [2.24, 2.45) is 0 Å². The predicted octanol–water partition coefficient (Wildman–Crippen LogP) is 6.21. The second-order valence-corrected chi connectivity index (χ2v) is 17.0. The minimum atomic E-state index is -0.632. The molecule has 3 atom stereocenters. The van der Waals surface area contributed by atoms with Crippen molar-refractivity contribution in [3.63, 3.8) is 0 Å². The molecular formula is C46H56FN9O4. The van der Waals surface area contributed by atoms with Gasteiger partial charge in [-0.25, -0.2) is 18.9 Å². The number of hydrogen-bond acceptors (Lipinski definition) is 10. The second kappa shape index (κ2) is 18.1. The normalized spacial score (nSPS) is 22.7. The highest BCUT2D eigenvalue weighted by molar-refractivity contribution is 6.00. The highest BCUT2D eigenvalue weighted by atomic mass is 19.1. The van der Waals surface area contributed by atoms with E-state index in [0.717, 1.165) is 61.4 Å². The number of nitrogens with zero attached hydrogens (tertiary/aromatic N) is 6. The van der Waals surface area contributed by atoms with Gasteiger partial charge in [0.1, 0.15) is 22.7 Å². The minimum Gasteiger partial charge on any atom is -0.438 e. The van der Waals surface area contributed by atoms with Gasteiger partial charge in [0.25, 0.3) is 11.8 Å². The Morgan fingerprint density at radius 2 is 1.63 bits per heavy atom. The van der Waals surface area contributed by atoms with E-state index in [4.69, 9.17) is 9.47 Å². The van der Waals surface area contributed by atoms with E-state index in [1.807, 2.05) is 38.1 Å². The first-order valence-electron chi connectivity index (χ1n) is 21.2. The zero-order valence-corrected chi connectivity index (χ0v) is 35.2. The molecule has 0 spiro atoms. The summed E-state index contributed by atoms with van der Waals surface area (Å²) in [4.78, 5) is 40.7. The Kier molecular flexibility index (Phi) is 12.5. The standard InChI is InChI=1S/C46H56FN9O4/c1-28-17-31(4)56-43(51-28)42(22-49-56)45(58)53-38-12-10-37(11-13-38)52-44(57)41-20-36(47)21-48-46(41)60-39-8-6-7-34(19-39)40-14-9-33(25-54-23-29(2)50-30(3)24-54)18-35(40)26-55-15-16-59-27-32(55)5/h6-9,14,17-22,29-30,32,37-38,50H,10-13,15-16,23-27H2,1-5H3,(H,52,57)(H,53,58)/t29-,30+,32-,37?,38?/m0/s1. The first-order valence-corrected chi connectivity index (χ1v) is 21.2. The monoisotopic (exact) mass is 817 g/mol. The molecular weight excluding hydrogens is 762 g/mol. The van der Waals surface area contributed by atoms with Crippen LogP contribution in [0.15, 0.2) is 67.0 Å². The molecule has 60 heavy (non-hydrogen) atoms. The van der Waals surface area contributed by atoms with Gasteiger partial charge in [-0.05, 0) is 107 Å². The van der Waals surface area contributed by atoms with E-state index < -0.39 is 11.7 Å². The SMILES string of the molecule is Cc1cc(C)n2ncc(C(=O)NC3CCC(NC(=O)c4cc(F)cnc4Oc4cccc(-c5ccc(CN6C[C@@H](C)N[C@@H](C)C6)cc5CN5CCOC[C@@H]5C)c4)CC3)c2n1. The first kappa shape index (κ1) is 41.5. The molecule has 5 aromatic rings. The second-order valence-electron chi connectivity index (χ2n) is 17.0. The van der Waals surface area contributed by atoms with Crippen LogP contribution in [0, 0.1) is 19.7 Å². The first-order chi connectivity index (χ1) is 28.9. The quantitative estimate of drug-likeness (QED) is 0.141. The number of nitrogens with one attached hydrogen (secondary N) is 3. The van der Waals surface area contributed by atoms with Gasteiger partial charge in [-0.15, -0.1) is 0 Å². The maximum Gasteiger partial charge on any atom is 0.257 e. The van der Waals surface area contributed by atoms with Gasteiger partial charge in [0.2, 0.25) is 5.88 Å². The summed E-state index contributed by atoms with van der Waals surface area (Å²) in [6.45, 7) is 16.5. The van der Waals surface area contributed by atoms with Crippen molar-refractivity contribution >= 4 is 17.5 Å². The number of hydrogen-bond donors (Lipinski definition) is 3. The lowest BCUT2D eigenvalue weighted by atomic mass is 9.91. The lowest BCUT2D eigenvalue weighted by Crippen LogP contribution is -2.53. The number of carbonyl (C=O) groups excluding carboxylic acids is 2. The molecule has 5 heterocycles. The number of aryl methyl sites for hydroxylation is 2. The van der Waals surface area contributed by atoms with Crippen LogP contribution in [0.5, 0.6) is 11.6 Å². The molecule has 13 nitrogen and oxygen atoms in total. The molecule has 2 saturated heterocycles. The third-order valence-electron chi connectivity index (χ3n) is 11.9. The molecule has 2 amide bonds. The molecule has 2 aliphatic heterocycles. The molecule has 3 N–H and O–H groups in total. The van der Waals surface area contributed by atoms with E-state index in [9.17, 15) is 14.0 Å². The van der Waals surface area contributed by atoms with Gasteiger partial charge in [-0.2, -0.15) is 5.10 Å². The van der Waals surface area contributed by atoms with Gasteiger partial charge < -0.3 is 25.4 Å². The van der Waals surface area contributed by atoms with Crippen LogP contribution in [-0.4, -0.2) is 104 Å². The van der Waals surface area contributed by atoms with Crippen molar-refractivity contribution in [2.75, 3.05) is 32.8 Å². The minimum absolute atomic E-state index is 0.0184. The van der Waals surface area contributed by atoms with Gasteiger partial charge in [0, 0.05) is 74.3 Å². The Balaban J connectivity index is 0.943. The zero-order valence-electron chi connectivity index (χ0n) is 35.2. The highest BCUT2D eigenvalue weighted by Gasteiger charge is 2.28. The largest absolute Gasteiger partial charge is 0.438 e. The summed E-state index contributed by atoms with van der Waals surface area (Å²) in [5, 5.41) is 14.2. The number of piperazine rings is 1. The van der Waals surface area contributed by atoms with E-state index in [-0.39, 0.29) is 29.4 Å². The fraction of sp³-hybridized carbons (Fsp3) is 0.457. The number of carbonyl (C=O) groups is 2. The van der Waals surface area contributed by atoms with Crippen LogP contribution in [0.3, 0.4) is 0 Å². The number of fused-ring (bicyclic) bond motifs is 1. The third-order valence-corrected chi connectivity index (χ3v) is 11.9. The Morgan fingerprint density at radius 3 is 2.37 bits per heavy atom. The zero-order chi connectivity index (χ0) is 41.9. The summed E-state index contributed by atoms with van der Waals surface area (Å²) in [7, 11) is 0. The highest BCUT2D eigenvalue weighted by Crippen LogP contribution is 2.33. The van der Waals surface area contributed by atoms with Crippen LogP contribution in [0.4, 0.5) is 4.39 Å². The van der Waals surface area contributed by atoms with E-state index in [1.54, 1.807) is 10.7 Å². The number of halogens is 1. The summed E-state index contributed by atoms with van der Waals surface area (Å²) >= 11 is 0. The molecule has 2 aromatic carbocycles. The average Bonchev–Trinajstić information content (AvgIpc) is 3.64. The van der Waals surface area contributed by atoms with E-state index in [2.05, 4.69) is 85.9 Å². The number of morpholine rings is 1. The number of ether oxygens (including phenoxy) is 2. The van der Waals surface area contributed by atoms with Gasteiger partial charge in [0.15, 0.2) is 5.65 Å². The fourth-order valence-corrected chi connectivity index (χ4v) is 9.05. The van der Waals surface area contributed by atoms with Crippen molar-refractivity contribution in [3.8, 4) is 22.8 Å². The number of rotatable bonds is 11. The Hall–Kier alpha value is -5.28. The molecule has 14 heteroatoms. The molecule has 316 valence electrons. The molecule has 1 saturated carbocycles. The summed E-state index contributed by atoms with van der Waals surface area (Å²) in [5.41, 5.74) is 7.27. The van der Waals surface area contributed by atoms with Crippen molar-refractivity contribution in [3.05, 3.63) is 106 Å². The summed E-state index contributed by atoms with van der Waals surface area (Å²) < 4.78 is 28.4. The van der Waals surface area contributed by atoms with Gasteiger partial charge in [-0.3, -0.25) is 19.4 Å². The third kappa shape index (κ3) is 9.68. The van der Waals surface area contributed by atoms with Crippen LogP contribution >= 0.6 is 0 Å². The summed E-state index contributed by atoms with van der Waals surface area (Å²) in [5.74, 6) is -0.803. The molecule has 3 aromatic heterocycles. The van der Waals surface area contributed by atoms with Gasteiger partial charge >= 0.3 is 0 Å². The van der Waals surface area contributed by atoms with Crippen molar-refractivity contribution < 1.29 is 23.5 Å². The van der Waals surface area contributed by atoms with Crippen LogP contribution in [-0.2, 0) is 17.8 Å². The lowest BCUT2D eigenvalue weighted by molar-refractivity contribution is -0.00431. The number of aromatic nitrogens is 4. The number of benzene rings is 2. The van der Waals surface area contributed by atoms with E-state index >= 15 is 0 Å². The van der Waals surface area contributed by atoms with Crippen LogP contribution < -0.4 is 20.7 Å². The topological polar surface area (TPSA) is 138 Å². The Bertz CT molecular complexity index is 2330. The molecule has 0 unspecified atom stereocenters. The van der Waals surface area contributed by atoms with E-state index in [0.29, 0.717) is 74.0 Å². The van der Waals surface area contributed by atoms with Crippen molar-refractivity contribution in [1.29, 1.82) is 0 Å². The average molecular weight is 818 g/mol. The smallest absolute Gasteiger partial charge is 0.257 e. The van der Waals surface area contributed by atoms with Crippen molar-refractivity contribution in [1.82, 2.24) is 45.3 Å². The molecule has 3 aliphatic rings. The van der Waals surface area contributed by atoms with Crippen molar-refractivity contribution in [2.45, 2.75) is 104 Å². The molecule has 3 fully saturated rings. The van der Waals surface area contributed by atoms with E-state index in [1.165, 1.54) is 17.2 Å². The number of amides is 2. The molecule has 0 radical (unpaired) electrons. The Labute approximate surface area is 351 Å². The number of pyridine rings is 1. The Morgan fingerprint density at radius 1 is 0.900 bits per heavy atom. The lowest BCUT2D eigenvalue weighted by Gasteiger charge is -2.36. The van der Waals surface area contributed by atoms with Crippen LogP contribution in [0.1, 0.15) is 89.7 Å². The summed E-state index contributed by atoms with van der Waals surface area (Å²) in [6.07, 6.45) is 5.23. The van der Waals surface area contributed by atoms with Crippen LogP contribution in [0.25, 0.3) is 16.8 Å². The van der Waals surface area contributed by atoms with Crippen LogP contribution in [0.2, 0.25) is 0 Å².